The Morgan fingerprint density at radius 3 is 0.667 bits per heavy atom. The molecule has 0 atom stereocenters. The average Bonchev–Trinajstić information content (AvgIpc) is 2.87. The van der Waals surface area contributed by atoms with E-state index in [1.165, 1.54) is 81.6 Å². The SMILES string of the molecule is CCC(CC)([Si]1(C(CC)(CC)P(=O)(O)O)O[Si](C)(C)O[Si](C)(C)O[Si](C(CC)(CC)P(=O)(O)O)(C(CC)(CC)P(=O)(O)O)O1)P(=O)(O)O. The molecule has 0 aromatic heterocycles. The van der Waals surface area contributed by atoms with Crippen molar-refractivity contribution >= 4 is 64.6 Å². The van der Waals surface area contributed by atoms with E-state index in [4.69, 9.17) is 16.5 Å². The third-order valence-electron chi connectivity index (χ3n) is 10.9. The zero-order chi connectivity index (χ0) is 38.5. The standard InChI is InChI=1S/C24H60O16P4Si4/c1-13-21(14-2,41(25,26)27)47(22(15-3,16-4)42(28,29)30)38-45(9,10)37-46(11,12)39-48(40-47,23(17-5,18-6)43(31,32)33)24(19-7,20-8)44(34,35)36/h13-20H2,1-12H3,(H2,25,26,27)(H2,28,29,30)(H2,31,32,33)(H2,34,35,36). The smallest absolute Gasteiger partial charge is 0.358 e. The molecule has 1 aliphatic rings. The van der Waals surface area contributed by atoms with Gasteiger partial charge in [-0.2, -0.15) is 0 Å². The first-order valence-corrected chi connectivity index (χ1v) is 32.1. The molecule has 0 radical (unpaired) electrons. The van der Waals surface area contributed by atoms with E-state index in [0.29, 0.717) is 0 Å². The fourth-order valence-electron chi connectivity index (χ4n) is 8.47. The Morgan fingerprint density at radius 2 is 0.542 bits per heavy atom. The van der Waals surface area contributed by atoms with E-state index in [9.17, 15) is 57.4 Å². The molecular formula is C24H60O16P4Si4. The Bertz CT molecular complexity index is 1150. The van der Waals surface area contributed by atoms with Crippen LogP contribution in [0.15, 0.2) is 0 Å². The molecule has 48 heavy (non-hydrogen) atoms. The highest BCUT2D eigenvalue weighted by atomic mass is 31.2. The van der Waals surface area contributed by atoms with Gasteiger partial charge in [-0.05, 0) is 77.6 Å². The molecular weight excluding hydrogens is 780 g/mol. The number of hydrogen-bond donors (Lipinski definition) is 8. The predicted octanol–water partition coefficient (Wildman–Crippen LogP) is 5.46. The van der Waals surface area contributed by atoms with Gasteiger partial charge in [0.2, 0.25) is 0 Å². The predicted molar refractivity (Wildman–Crippen MR) is 192 cm³/mol. The van der Waals surface area contributed by atoms with Crippen molar-refractivity contribution in [2.24, 2.45) is 0 Å². The minimum Gasteiger partial charge on any atom is -0.416 e. The second-order valence-electron chi connectivity index (χ2n) is 13.6. The molecule has 0 bridgehead atoms. The summed E-state index contributed by atoms with van der Waals surface area (Å²) in [4.78, 5) is 91.3. The van der Waals surface area contributed by atoms with Crippen LogP contribution in [0, 0.1) is 0 Å². The lowest BCUT2D eigenvalue weighted by atomic mass is 10.2. The fourth-order valence-corrected chi connectivity index (χ4v) is 49.9. The summed E-state index contributed by atoms with van der Waals surface area (Å²) in [5.74, 6) is 0. The molecule has 1 fully saturated rings. The zero-order valence-corrected chi connectivity index (χ0v) is 37.9. The van der Waals surface area contributed by atoms with E-state index in [2.05, 4.69) is 0 Å². The van der Waals surface area contributed by atoms with Crippen LogP contribution in [0.3, 0.4) is 0 Å². The molecule has 0 unspecified atom stereocenters. The van der Waals surface area contributed by atoms with Crippen LogP contribution < -0.4 is 0 Å². The molecule has 1 saturated heterocycles. The minimum absolute atomic E-state index is 0.486. The van der Waals surface area contributed by atoms with Crippen molar-refractivity contribution in [2.45, 2.75) is 152 Å². The van der Waals surface area contributed by atoms with E-state index in [-0.39, 0.29) is 0 Å². The van der Waals surface area contributed by atoms with Crippen LogP contribution in [0.5, 0.6) is 0 Å². The van der Waals surface area contributed by atoms with Gasteiger partial charge in [-0.25, -0.2) is 0 Å². The molecule has 16 nitrogen and oxygen atoms in total. The van der Waals surface area contributed by atoms with Crippen LogP contribution >= 0.6 is 30.4 Å². The first-order valence-electron chi connectivity index (χ1n) is 16.3. The van der Waals surface area contributed by atoms with Gasteiger partial charge in [0, 0.05) is 0 Å². The molecule has 0 aromatic rings. The Balaban J connectivity index is 5.39. The monoisotopic (exact) mass is 840 g/mol. The maximum atomic E-state index is 14.1. The topological polar surface area (TPSA) is 267 Å². The highest BCUT2D eigenvalue weighted by molar-refractivity contribution is 7.63. The lowest BCUT2D eigenvalue weighted by Crippen LogP contribution is -2.88. The summed E-state index contributed by atoms with van der Waals surface area (Å²) in [6, 6.07) is 0. The van der Waals surface area contributed by atoms with Crippen molar-refractivity contribution in [1.29, 1.82) is 0 Å². The second-order valence-corrected chi connectivity index (χ2v) is 38.2. The normalized spacial score (nSPS) is 21.4. The maximum Gasteiger partial charge on any atom is 0.358 e. The third-order valence-corrected chi connectivity index (χ3v) is 45.1. The first kappa shape index (κ1) is 47.3. The van der Waals surface area contributed by atoms with Crippen molar-refractivity contribution < 1.29 is 73.9 Å². The van der Waals surface area contributed by atoms with E-state index in [0.717, 1.165) is 0 Å². The summed E-state index contributed by atoms with van der Waals surface area (Å²) < 4.78 is 74.0. The maximum absolute atomic E-state index is 14.1. The third kappa shape index (κ3) is 6.89. The van der Waals surface area contributed by atoms with E-state index >= 15 is 0 Å². The van der Waals surface area contributed by atoms with Gasteiger partial charge in [-0.15, -0.1) is 0 Å². The Kier molecular flexibility index (Phi) is 14.6. The first-order chi connectivity index (χ1) is 21.3. The van der Waals surface area contributed by atoms with Gasteiger partial charge in [0.05, 0.1) is 0 Å². The van der Waals surface area contributed by atoms with Crippen molar-refractivity contribution in [2.75, 3.05) is 0 Å². The van der Waals surface area contributed by atoms with Gasteiger partial charge in [0.15, 0.2) is 0 Å². The van der Waals surface area contributed by atoms with Gasteiger partial charge in [-0.1, -0.05) is 55.4 Å². The molecule has 0 saturated carbocycles. The summed E-state index contributed by atoms with van der Waals surface area (Å²) in [6.45, 7) is 17.1. The van der Waals surface area contributed by atoms with Crippen molar-refractivity contribution in [3.05, 3.63) is 0 Å². The van der Waals surface area contributed by atoms with Crippen LogP contribution in [0.4, 0.5) is 0 Å². The molecule has 0 amide bonds. The molecule has 0 aromatic carbocycles. The summed E-state index contributed by atoms with van der Waals surface area (Å²) in [5, 5.41) is 0. The fraction of sp³-hybridized carbons (Fsp3) is 1.00. The van der Waals surface area contributed by atoms with Crippen molar-refractivity contribution in [3.63, 3.8) is 0 Å². The molecule has 0 aliphatic carbocycles. The van der Waals surface area contributed by atoms with Gasteiger partial charge >= 0.3 is 64.6 Å². The Morgan fingerprint density at radius 1 is 0.375 bits per heavy atom. The Labute approximate surface area is 289 Å². The molecule has 0 spiro atoms. The van der Waals surface area contributed by atoms with Crippen LogP contribution in [0.2, 0.25) is 26.2 Å². The zero-order valence-electron chi connectivity index (χ0n) is 30.3. The van der Waals surface area contributed by atoms with Crippen molar-refractivity contribution in [3.8, 4) is 0 Å². The Hall–Kier alpha value is 1.31. The summed E-state index contributed by atoms with van der Waals surface area (Å²) >= 11 is 0. The van der Waals surface area contributed by atoms with Crippen LogP contribution in [-0.2, 0) is 34.7 Å². The quantitative estimate of drug-likeness (QED) is 0.0709. The molecule has 24 heteroatoms. The van der Waals surface area contributed by atoms with Gasteiger partial charge < -0.3 is 55.6 Å². The lowest BCUT2D eigenvalue weighted by Gasteiger charge is -2.66. The van der Waals surface area contributed by atoms with Crippen LogP contribution in [0.1, 0.15) is 107 Å². The van der Waals surface area contributed by atoms with E-state index < -0.39 is 135 Å². The largest absolute Gasteiger partial charge is 0.416 e. The summed E-state index contributed by atoms with van der Waals surface area (Å²) in [6.07, 6.45) is -3.89. The van der Waals surface area contributed by atoms with Gasteiger partial charge in [-0.3, -0.25) is 18.3 Å². The minimum atomic E-state index is -5.69. The van der Waals surface area contributed by atoms with Crippen LogP contribution in [0.25, 0.3) is 0 Å². The van der Waals surface area contributed by atoms with Gasteiger partial charge in [0.1, 0.15) is 19.1 Å². The molecule has 1 heterocycles. The highest BCUT2D eigenvalue weighted by Gasteiger charge is 2.87. The van der Waals surface area contributed by atoms with Crippen molar-refractivity contribution in [1.82, 2.24) is 0 Å². The molecule has 288 valence electrons. The van der Waals surface area contributed by atoms with Crippen LogP contribution in [-0.4, -0.2) is 92.5 Å². The molecule has 1 rings (SSSR count). The van der Waals surface area contributed by atoms with Gasteiger partial charge in [0.25, 0.3) is 0 Å². The van der Waals surface area contributed by atoms with E-state index in [1.807, 2.05) is 0 Å². The highest BCUT2D eigenvalue weighted by Crippen LogP contribution is 2.75. The number of rotatable bonds is 16. The average molecular weight is 841 g/mol. The lowest BCUT2D eigenvalue weighted by molar-refractivity contribution is 0.156. The number of hydrogen-bond acceptors (Lipinski definition) is 8. The molecule has 1 aliphatic heterocycles. The van der Waals surface area contributed by atoms with E-state index in [1.54, 1.807) is 0 Å². The molecule has 8 N–H and O–H groups in total. The summed E-state index contributed by atoms with van der Waals surface area (Å²) in [5.41, 5.74) is 0. The summed E-state index contributed by atoms with van der Waals surface area (Å²) in [7, 11) is -41.6. The second kappa shape index (κ2) is 14.9.